The summed E-state index contributed by atoms with van der Waals surface area (Å²) in [7, 11) is 1.72. The number of nitrogens with one attached hydrogen (secondary N) is 1. The van der Waals surface area contributed by atoms with Gasteiger partial charge in [0.25, 0.3) is 0 Å². The third-order valence-corrected chi connectivity index (χ3v) is 2.86. The van der Waals surface area contributed by atoms with Crippen molar-refractivity contribution in [2.75, 3.05) is 20.3 Å². The quantitative estimate of drug-likeness (QED) is 0.596. The third kappa shape index (κ3) is 7.05. The summed E-state index contributed by atoms with van der Waals surface area (Å²) in [4.78, 5) is 11.4. The number of carbonyl (C=O) groups excluding carboxylic acids is 1. The largest absolute Gasteiger partial charge is 0.385 e. The maximum absolute atomic E-state index is 11.4. The molecule has 0 aromatic heterocycles. The molecule has 0 fully saturated rings. The van der Waals surface area contributed by atoms with E-state index in [0.717, 1.165) is 38.8 Å². The third-order valence-electron chi connectivity index (χ3n) is 2.86. The lowest BCUT2D eigenvalue weighted by Gasteiger charge is -2.06. The number of unbranched alkanes of at least 4 members (excludes halogenated alkanes) is 3. The van der Waals surface area contributed by atoms with Gasteiger partial charge in [0.05, 0.1) is 0 Å². The number of hydrogen-bond donors (Lipinski definition) is 1. The molecule has 1 aliphatic heterocycles. The molecule has 0 atom stereocenters. The fourth-order valence-corrected chi connectivity index (χ4v) is 1.58. The average molecular weight is 241 g/mol. The molecule has 0 saturated heterocycles. The van der Waals surface area contributed by atoms with Gasteiger partial charge in [-0.15, -0.1) is 0 Å². The molecule has 0 aromatic rings. The van der Waals surface area contributed by atoms with E-state index >= 15 is 0 Å². The molecule has 5 heteroatoms. The molecule has 1 N–H and O–H groups in total. The number of carbonyl (C=O) groups is 1. The van der Waals surface area contributed by atoms with Crippen LogP contribution in [0.3, 0.4) is 0 Å². The highest BCUT2D eigenvalue weighted by molar-refractivity contribution is 5.75. The van der Waals surface area contributed by atoms with Gasteiger partial charge in [-0.3, -0.25) is 4.79 Å². The molecule has 98 valence electrons. The van der Waals surface area contributed by atoms with E-state index in [1.54, 1.807) is 7.11 Å². The van der Waals surface area contributed by atoms with Crippen LogP contribution in [0.25, 0.3) is 0 Å². The predicted molar refractivity (Wildman–Crippen MR) is 65.8 cm³/mol. The second-order valence-electron chi connectivity index (χ2n) is 4.67. The Hall–Kier alpha value is -0.970. The van der Waals surface area contributed by atoms with E-state index in [1.165, 1.54) is 6.42 Å². The standard InChI is InChI=1S/C12H23N3O2/c1-12(14-15-12)8-7-11(16)13-9-5-3-4-6-10-17-2/h3-10H2,1-2H3,(H,13,16). The van der Waals surface area contributed by atoms with Crippen molar-refractivity contribution in [3.8, 4) is 0 Å². The molecule has 0 spiro atoms. The first-order valence-corrected chi connectivity index (χ1v) is 6.36. The van der Waals surface area contributed by atoms with Crippen LogP contribution in [0.5, 0.6) is 0 Å². The molecule has 0 bridgehead atoms. The molecule has 1 aliphatic rings. The molecule has 0 saturated carbocycles. The van der Waals surface area contributed by atoms with Gasteiger partial charge in [-0.25, -0.2) is 0 Å². The lowest BCUT2D eigenvalue weighted by Crippen LogP contribution is -2.25. The summed E-state index contributed by atoms with van der Waals surface area (Å²) in [5.41, 5.74) is -0.252. The van der Waals surface area contributed by atoms with Crippen LogP contribution >= 0.6 is 0 Å². The maximum atomic E-state index is 11.4. The van der Waals surface area contributed by atoms with Crippen LogP contribution in [0.1, 0.15) is 45.4 Å². The Morgan fingerprint density at radius 1 is 1.24 bits per heavy atom. The summed E-state index contributed by atoms with van der Waals surface area (Å²) in [6.45, 7) is 3.55. The molecule has 0 unspecified atom stereocenters. The summed E-state index contributed by atoms with van der Waals surface area (Å²) in [6, 6.07) is 0. The summed E-state index contributed by atoms with van der Waals surface area (Å²) in [6.07, 6.45) is 5.71. The Kier molecular flexibility index (Phi) is 6.11. The highest BCUT2D eigenvalue weighted by Gasteiger charge is 2.33. The van der Waals surface area contributed by atoms with Crippen molar-refractivity contribution in [1.29, 1.82) is 0 Å². The van der Waals surface area contributed by atoms with Gasteiger partial charge in [-0.1, -0.05) is 12.8 Å². The van der Waals surface area contributed by atoms with Crippen molar-refractivity contribution >= 4 is 5.91 Å². The first-order chi connectivity index (χ1) is 8.16. The van der Waals surface area contributed by atoms with Gasteiger partial charge in [0.1, 0.15) is 0 Å². The molecule has 0 radical (unpaired) electrons. The average Bonchev–Trinajstić information content (AvgIpc) is 3.04. The molecular formula is C12H23N3O2. The Labute approximate surface area is 103 Å². The van der Waals surface area contributed by atoms with E-state index in [4.69, 9.17) is 4.74 Å². The SMILES string of the molecule is COCCCCCCNC(=O)CCC1(C)N=N1. The van der Waals surface area contributed by atoms with E-state index in [2.05, 4.69) is 15.5 Å². The Bertz CT molecular complexity index is 260. The predicted octanol–water partition coefficient (Wildman–Crippen LogP) is 2.27. The minimum Gasteiger partial charge on any atom is -0.385 e. The van der Waals surface area contributed by atoms with Crippen molar-refractivity contribution in [3.05, 3.63) is 0 Å². The highest BCUT2D eigenvalue weighted by atomic mass is 16.5. The fourth-order valence-electron chi connectivity index (χ4n) is 1.58. The van der Waals surface area contributed by atoms with Crippen molar-refractivity contribution in [1.82, 2.24) is 5.32 Å². The first-order valence-electron chi connectivity index (χ1n) is 6.36. The lowest BCUT2D eigenvalue weighted by atomic mass is 10.1. The number of amides is 1. The van der Waals surface area contributed by atoms with Gasteiger partial charge < -0.3 is 10.1 Å². The summed E-state index contributed by atoms with van der Waals surface area (Å²) >= 11 is 0. The number of ether oxygens (including phenoxy) is 1. The highest BCUT2D eigenvalue weighted by Crippen LogP contribution is 2.31. The van der Waals surface area contributed by atoms with Crippen LogP contribution < -0.4 is 5.32 Å². The minimum atomic E-state index is -0.252. The summed E-state index contributed by atoms with van der Waals surface area (Å²) < 4.78 is 4.97. The van der Waals surface area contributed by atoms with Crippen LogP contribution in [0.15, 0.2) is 10.2 Å². The van der Waals surface area contributed by atoms with Crippen molar-refractivity contribution < 1.29 is 9.53 Å². The molecule has 1 amide bonds. The van der Waals surface area contributed by atoms with Crippen molar-refractivity contribution in [2.45, 2.75) is 51.1 Å². The van der Waals surface area contributed by atoms with Crippen LogP contribution in [0.4, 0.5) is 0 Å². The smallest absolute Gasteiger partial charge is 0.220 e. The van der Waals surface area contributed by atoms with Gasteiger partial charge in [-0.05, 0) is 19.8 Å². The zero-order chi connectivity index (χ0) is 12.6. The topological polar surface area (TPSA) is 63.0 Å². The number of methoxy groups -OCH3 is 1. The number of nitrogens with zero attached hydrogens (tertiary/aromatic N) is 2. The van der Waals surface area contributed by atoms with E-state index in [0.29, 0.717) is 6.42 Å². The molecule has 1 heterocycles. The zero-order valence-corrected chi connectivity index (χ0v) is 10.9. The van der Waals surface area contributed by atoms with E-state index in [1.807, 2.05) is 6.92 Å². The Balaban J connectivity index is 1.83. The summed E-state index contributed by atoms with van der Waals surface area (Å²) in [5, 5.41) is 10.7. The van der Waals surface area contributed by atoms with Gasteiger partial charge in [0, 0.05) is 33.1 Å². The lowest BCUT2D eigenvalue weighted by molar-refractivity contribution is -0.121. The van der Waals surface area contributed by atoms with Crippen LogP contribution in [-0.2, 0) is 9.53 Å². The normalized spacial score (nSPS) is 15.9. The van der Waals surface area contributed by atoms with Crippen LogP contribution in [0, 0.1) is 0 Å². The second kappa shape index (κ2) is 7.37. The van der Waals surface area contributed by atoms with Crippen LogP contribution in [-0.4, -0.2) is 31.8 Å². The molecule has 0 aromatic carbocycles. The number of hydrogen-bond acceptors (Lipinski definition) is 4. The van der Waals surface area contributed by atoms with Gasteiger partial charge >= 0.3 is 0 Å². The number of rotatable bonds is 10. The summed E-state index contributed by atoms with van der Waals surface area (Å²) in [5.74, 6) is 0.111. The Morgan fingerprint density at radius 3 is 2.59 bits per heavy atom. The van der Waals surface area contributed by atoms with Gasteiger partial charge in [-0.2, -0.15) is 10.2 Å². The molecular weight excluding hydrogens is 218 g/mol. The van der Waals surface area contributed by atoms with E-state index < -0.39 is 0 Å². The van der Waals surface area contributed by atoms with Gasteiger partial charge in [0.2, 0.25) is 5.91 Å². The maximum Gasteiger partial charge on any atom is 0.220 e. The minimum absolute atomic E-state index is 0.111. The van der Waals surface area contributed by atoms with E-state index in [9.17, 15) is 4.79 Å². The van der Waals surface area contributed by atoms with Crippen molar-refractivity contribution in [2.24, 2.45) is 10.2 Å². The van der Waals surface area contributed by atoms with Gasteiger partial charge in [0.15, 0.2) is 5.66 Å². The zero-order valence-electron chi connectivity index (χ0n) is 10.9. The Morgan fingerprint density at radius 2 is 1.94 bits per heavy atom. The van der Waals surface area contributed by atoms with Crippen LogP contribution in [0.2, 0.25) is 0 Å². The fraction of sp³-hybridized carbons (Fsp3) is 0.917. The molecule has 1 rings (SSSR count). The molecule has 5 nitrogen and oxygen atoms in total. The second-order valence-corrected chi connectivity index (χ2v) is 4.67. The monoisotopic (exact) mass is 241 g/mol. The van der Waals surface area contributed by atoms with E-state index in [-0.39, 0.29) is 11.6 Å². The molecule has 17 heavy (non-hydrogen) atoms. The first kappa shape index (κ1) is 14.1. The molecule has 0 aliphatic carbocycles. The van der Waals surface area contributed by atoms with Crippen molar-refractivity contribution in [3.63, 3.8) is 0 Å².